The van der Waals surface area contributed by atoms with Crippen molar-refractivity contribution in [3.63, 3.8) is 0 Å². The Hall–Kier alpha value is -0.480. The number of thioether (sulfide) groups is 1. The van der Waals surface area contributed by atoms with Crippen LogP contribution in [0.5, 0.6) is 0 Å². The molecule has 1 aromatic heterocycles. The van der Waals surface area contributed by atoms with E-state index in [2.05, 4.69) is 21.5 Å². The van der Waals surface area contributed by atoms with Gasteiger partial charge in [0.05, 0.1) is 0 Å². The lowest BCUT2D eigenvalue weighted by Gasteiger charge is -2.09. The summed E-state index contributed by atoms with van der Waals surface area (Å²) >= 11 is 7.75. The van der Waals surface area contributed by atoms with Gasteiger partial charge in [0.1, 0.15) is 17.3 Å². The maximum atomic E-state index is 5.95. The fourth-order valence-electron chi connectivity index (χ4n) is 1.13. The molecule has 1 heterocycles. The first-order valence-corrected chi connectivity index (χ1v) is 6.29. The Morgan fingerprint density at radius 2 is 2.29 bits per heavy atom. The van der Waals surface area contributed by atoms with Gasteiger partial charge in [-0.3, -0.25) is 0 Å². The van der Waals surface area contributed by atoms with Gasteiger partial charge in [0, 0.05) is 17.9 Å². The third kappa shape index (κ3) is 3.03. The third-order valence-corrected chi connectivity index (χ3v) is 2.78. The van der Waals surface area contributed by atoms with E-state index in [1.165, 1.54) is 6.33 Å². The van der Waals surface area contributed by atoms with Crippen LogP contribution in [-0.4, -0.2) is 28.5 Å². The van der Waals surface area contributed by atoms with E-state index in [9.17, 15) is 0 Å². The second-order valence-corrected chi connectivity index (χ2v) is 4.11. The van der Waals surface area contributed by atoms with Crippen LogP contribution in [0.1, 0.15) is 12.5 Å². The molecule has 5 heteroatoms. The van der Waals surface area contributed by atoms with Crippen molar-refractivity contribution in [2.75, 3.05) is 23.9 Å². The first-order chi connectivity index (χ1) is 6.79. The van der Waals surface area contributed by atoms with Gasteiger partial charge in [-0.2, -0.15) is 11.8 Å². The molecule has 0 saturated heterocycles. The fraction of sp³-hybridized carbons (Fsp3) is 0.556. The molecular weight excluding hydrogens is 218 g/mol. The lowest BCUT2D eigenvalue weighted by molar-refractivity contribution is 1.03. The lowest BCUT2D eigenvalue weighted by atomic mass is 10.2. The van der Waals surface area contributed by atoms with E-state index in [1.54, 1.807) is 11.8 Å². The molecule has 1 rings (SSSR count). The maximum absolute atomic E-state index is 5.95. The van der Waals surface area contributed by atoms with Crippen LogP contribution in [0, 0.1) is 0 Å². The Labute approximate surface area is 93.7 Å². The highest BCUT2D eigenvalue weighted by atomic mass is 35.5. The highest BCUT2D eigenvalue weighted by molar-refractivity contribution is 7.98. The number of aromatic nitrogens is 2. The molecule has 0 unspecified atom stereocenters. The van der Waals surface area contributed by atoms with Crippen molar-refractivity contribution in [1.29, 1.82) is 0 Å². The van der Waals surface area contributed by atoms with E-state index in [1.807, 2.05) is 6.92 Å². The Morgan fingerprint density at radius 3 is 2.93 bits per heavy atom. The van der Waals surface area contributed by atoms with Gasteiger partial charge in [-0.15, -0.1) is 0 Å². The molecular formula is C9H14ClN3S. The van der Waals surface area contributed by atoms with Crippen molar-refractivity contribution in [2.45, 2.75) is 13.3 Å². The molecule has 1 aromatic rings. The summed E-state index contributed by atoms with van der Waals surface area (Å²) in [6.07, 6.45) is 4.42. The fourth-order valence-corrected chi connectivity index (χ4v) is 1.70. The second kappa shape index (κ2) is 6.09. The molecule has 1 N–H and O–H groups in total. The predicted octanol–water partition coefficient (Wildman–Crippen LogP) is 2.47. The summed E-state index contributed by atoms with van der Waals surface area (Å²) in [7, 11) is 0. The Morgan fingerprint density at radius 1 is 1.50 bits per heavy atom. The van der Waals surface area contributed by atoms with Gasteiger partial charge in [0.15, 0.2) is 0 Å². The number of rotatable bonds is 5. The number of halogens is 1. The summed E-state index contributed by atoms with van der Waals surface area (Å²) in [5.74, 6) is 1.92. The molecule has 0 aliphatic rings. The zero-order valence-electron chi connectivity index (χ0n) is 8.38. The summed E-state index contributed by atoms with van der Waals surface area (Å²) in [6, 6.07) is 0. The highest BCUT2D eigenvalue weighted by Gasteiger charge is 2.06. The molecule has 78 valence electrons. The first kappa shape index (κ1) is 11.6. The number of nitrogens with one attached hydrogen (secondary N) is 1. The average molecular weight is 232 g/mol. The molecule has 0 aromatic carbocycles. The van der Waals surface area contributed by atoms with Crippen LogP contribution in [0.25, 0.3) is 0 Å². The van der Waals surface area contributed by atoms with Gasteiger partial charge in [-0.1, -0.05) is 18.5 Å². The molecule has 0 fully saturated rings. The molecule has 3 nitrogen and oxygen atoms in total. The Bertz CT molecular complexity index is 293. The molecule has 14 heavy (non-hydrogen) atoms. The molecule has 0 aliphatic carbocycles. The number of hydrogen-bond acceptors (Lipinski definition) is 4. The monoisotopic (exact) mass is 231 g/mol. The van der Waals surface area contributed by atoms with Gasteiger partial charge in [0.25, 0.3) is 0 Å². The minimum atomic E-state index is 0.550. The Balaban J connectivity index is 2.70. The molecule has 0 amide bonds. The van der Waals surface area contributed by atoms with E-state index in [-0.39, 0.29) is 0 Å². The van der Waals surface area contributed by atoms with Crippen LogP contribution >= 0.6 is 23.4 Å². The van der Waals surface area contributed by atoms with Gasteiger partial charge >= 0.3 is 0 Å². The van der Waals surface area contributed by atoms with Gasteiger partial charge in [-0.05, 0) is 12.7 Å². The summed E-state index contributed by atoms with van der Waals surface area (Å²) in [5.41, 5.74) is 0.996. The van der Waals surface area contributed by atoms with E-state index < -0.39 is 0 Å². The minimum absolute atomic E-state index is 0.550. The predicted molar refractivity (Wildman–Crippen MR) is 63.3 cm³/mol. The molecule has 0 bridgehead atoms. The maximum Gasteiger partial charge on any atom is 0.137 e. The van der Waals surface area contributed by atoms with Crippen LogP contribution in [0.3, 0.4) is 0 Å². The summed E-state index contributed by atoms with van der Waals surface area (Å²) in [5, 5.41) is 3.80. The van der Waals surface area contributed by atoms with E-state index >= 15 is 0 Å². The molecule has 0 saturated carbocycles. The van der Waals surface area contributed by atoms with E-state index in [0.29, 0.717) is 5.15 Å². The minimum Gasteiger partial charge on any atom is -0.369 e. The van der Waals surface area contributed by atoms with Crippen molar-refractivity contribution in [1.82, 2.24) is 9.97 Å². The second-order valence-electron chi connectivity index (χ2n) is 2.76. The lowest BCUT2D eigenvalue weighted by Crippen LogP contribution is -2.08. The Kier molecular flexibility index (Phi) is 5.04. The van der Waals surface area contributed by atoms with Crippen LogP contribution in [0.15, 0.2) is 6.33 Å². The van der Waals surface area contributed by atoms with Crippen molar-refractivity contribution in [3.05, 3.63) is 17.0 Å². The van der Waals surface area contributed by atoms with Crippen LogP contribution in [0.4, 0.5) is 5.82 Å². The zero-order valence-corrected chi connectivity index (χ0v) is 9.95. The van der Waals surface area contributed by atoms with Crippen molar-refractivity contribution in [2.24, 2.45) is 0 Å². The topological polar surface area (TPSA) is 37.8 Å². The van der Waals surface area contributed by atoms with Crippen LogP contribution in [0.2, 0.25) is 5.15 Å². The van der Waals surface area contributed by atoms with Crippen LogP contribution in [-0.2, 0) is 6.42 Å². The van der Waals surface area contributed by atoms with Gasteiger partial charge in [0.2, 0.25) is 0 Å². The molecule has 0 aliphatic heterocycles. The normalized spacial score (nSPS) is 10.2. The largest absolute Gasteiger partial charge is 0.369 e. The quantitative estimate of drug-likeness (QED) is 0.624. The van der Waals surface area contributed by atoms with Crippen LogP contribution < -0.4 is 5.32 Å². The van der Waals surface area contributed by atoms with Crippen molar-refractivity contribution in [3.8, 4) is 0 Å². The average Bonchev–Trinajstić information content (AvgIpc) is 2.18. The number of hydrogen-bond donors (Lipinski definition) is 1. The van der Waals surface area contributed by atoms with Crippen molar-refractivity contribution >= 4 is 29.2 Å². The zero-order chi connectivity index (χ0) is 10.4. The van der Waals surface area contributed by atoms with E-state index in [4.69, 9.17) is 11.6 Å². The van der Waals surface area contributed by atoms with Gasteiger partial charge < -0.3 is 5.32 Å². The third-order valence-electron chi connectivity index (χ3n) is 1.84. The van der Waals surface area contributed by atoms with Gasteiger partial charge in [-0.25, -0.2) is 9.97 Å². The van der Waals surface area contributed by atoms with Crippen molar-refractivity contribution < 1.29 is 0 Å². The summed E-state index contributed by atoms with van der Waals surface area (Å²) in [4.78, 5) is 8.11. The summed E-state index contributed by atoms with van der Waals surface area (Å²) in [6.45, 7) is 2.95. The number of nitrogens with zero attached hydrogens (tertiary/aromatic N) is 2. The molecule has 0 radical (unpaired) electrons. The SMILES string of the molecule is CCc1c(Cl)ncnc1NCCSC. The highest BCUT2D eigenvalue weighted by Crippen LogP contribution is 2.19. The molecule has 0 spiro atoms. The standard InChI is InChI=1S/C9H14ClN3S/c1-3-7-8(10)12-6-13-9(7)11-4-5-14-2/h6H,3-5H2,1-2H3,(H,11,12,13). The first-order valence-electron chi connectivity index (χ1n) is 4.51. The van der Waals surface area contributed by atoms with E-state index in [0.717, 1.165) is 30.1 Å². The smallest absolute Gasteiger partial charge is 0.137 e. The molecule has 0 atom stereocenters. The summed E-state index contributed by atoms with van der Waals surface area (Å²) < 4.78 is 0. The number of anilines is 1.